The molecule has 0 saturated carbocycles. The topological polar surface area (TPSA) is 55.4 Å². The third-order valence-corrected chi connectivity index (χ3v) is 2.02. The van der Waals surface area contributed by atoms with Crippen molar-refractivity contribution in [2.75, 3.05) is 11.0 Å². The molecule has 0 bridgehead atoms. The normalized spacial score (nSPS) is 11.0. The molecular weight excluding hydrogens is 202 g/mol. The zero-order valence-electron chi connectivity index (χ0n) is 8.02. The zero-order chi connectivity index (χ0) is 10.6. The SMILES string of the molecule is C[CH]Oc1ccc(NS(C)(=O)=O)cc1. The summed E-state index contributed by atoms with van der Waals surface area (Å²) in [4.78, 5) is 0. The fourth-order valence-corrected chi connectivity index (χ4v) is 1.52. The Labute approximate surface area is 84.0 Å². The first kappa shape index (κ1) is 10.8. The monoisotopic (exact) mass is 214 g/mol. The van der Waals surface area contributed by atoms with Gasteiger partial charge in [-0.1, -0.05) is 0 Å². The summed E-state index contributed by atoms with van der Waals surface area (Å²) in [6.07, 6.45) is 1.11. The lowest BCUT2D eigenvalue weighted by Crippen LogP contribution is -2.09. The summed E-state index contributed by atoms with van der Waals surface area (Å²) < 4.78 is 29.2. The highest BCUT2D eigenvalue weighted by molar-refractivity contribution is 7.92. The quantitative estimate of drug-likeness (QED) is 0.828. The molecule has 0 aliphatic heterocycles. The molecule has 0 aliphatic carbocycles. The van der Waals surface area contributed by atoms with Gasteiger partial charge in [-0.05, 0) is 31.2 Å². The maximum Gasteiger partial charge on any atom is 0.229 e. The van der Waals surface area contributed by atoms with Gasteiger partial charge < -0.3 is 4.74 Å². The molecule has 0 spiro atoms. The van der Waals surface area contributed by atoms with E-state index in [4.69, 9.17) is 4.74 Å². The van der Waals surface area contributed by atoms with Crippen LogP contribution in [0.2, 0.25) is 0 Å². The Bertz CT molecular complexity index is 383. The van der Waals surface area contributed by atoms with Crippen LogP contribution in [0.4, 0.5) is 5.69 Å². The van der Waals surface area contributed by atoms with Gasteiger partial charge in [-0.25, -0.2) is 8.42 Å². The highest BCUT2D eigenvalue weighted by Crippen LogP contribution is 2.16. The summed E-state index contributed by atoms with van der Waals surface area (Å²) >= 11 is 0. The lowest BCUT2D eigenvalue weighted by Gasteiger charge is -2.05. The number of rotatable bonds is 4. The van der Waals surface area contributed by atoms with Gasteiger partial charge >= 0.3 is 0 Å². The molecule has 4 nitrogen and oxygen atoms in total. The second kappa shape index (κ2) is 4.32. The summed E-state index contributed by atoms with van der Waals surface area (Å²) in [6.45, 7) is 3.32. The number of benzene rings is 1. The minimum absolute atomic E-state index is 0.524. The van der Waals surface area contributed by atoms with Crippen LogP contribution < -0.4 is 9.46 Å². The molecule has 77 valence electrons. The van der Waals surface area contributed by atoms with Crippen molar-refractivity contribution in [1.29, 1.82) is 0 Å². The van der Waals surface area contributed by atoms with E-state index >= 15 is 0 Å². The maximum atomic E-state index is 10.9. The first-order chi connectivity index (χ1) is 6.51. The Morgan fingerprint density at radius 1 is 1.29 bits per heavy atom. The van der Waals surface area contributed by atoms with Gasteiger partial charge in [0.1, 0.15) is 12.4 Å². The van der Waals surface area contributed by atoms with E-state index in [-0.39, 0.29) is 0 Å². The van der Waals surface area contributed by atoms with Gasteiger partial charge in [0.05, 0.1) is 6.26 Å². The lowest BCUT2D eigenvalue weighted by atomic mass is 10.3. The molecule has 1 radical (unpaired) electrons. The van der Waals surface area contributed by atoms with Crippen LogP contribution in [-0.4, -0.2) is 14.7 Å². The molecule has 14 heavy (non-hydrogen) atoms. The molecule has 0 aromatic heterocycles. The Hall–Kier alpha value is -1.23. The second-order valence-corrected chi connectivity index (χ2v) is 4.50. The molecule has 0 saturated heterocycles. The van der Waals surface area contributed by atoms with Gasteiger partial charge in [-0.2, -0.15) is 0 Å². The van der Waals surface area contributed by atoms with E-state index in [1.54, 1.807) is 37.8 Å². The van der Waals surface area contributed by atoms with Crippen molar-refractivity contribution < 1.29 is 13.2 Å². The predicted molar refractivity (Wildman–Crippen MR) is 55.5 cm³/mol. The van der Waals surface area contributed by atoms with Crippen LogP contribution in [0.5, 0.6) is 5.75 Å². The fraction of sp³-hybridized carbons (Fsp3) is 0.222. The molecule has 1 N–H and O–H groups in total. The van der Waals surface area contributed by atoms with Crippen molar-refractivity contribution in [2.24, 2.45) is 0 Å². The number of sulfonamides is 1. The minimum Gasteiger partial charge on any atom is -0.487 e. The van der Waals surface area contributed by atoms with Gasteiger partial charge in [0.15, 0.2) is 0 Å². The van der Waals surface area contributed by atoms with Crippen molar-refractivity contribution in [2.45, 2.75) is 6.92 Å². The van der Waals surface area contributed by atoms with Crippen molar-refractivity contribution in [3.63, 3.8) is 0 Å². The Balaban J connectivity index is 2.74. The zero-order valence-corrected chi connectivity index (χ0v) is 8.84. The van der Waals surface area contributed by atoms with E-state index < -0.39 is 10.0 Å². The van der Waals surface area contributed by atoms with Gasteiger partial charge in [0.25, 0.3) is 0 Å². The summed E-state index contributed by atoms with van der Waals surface area (Å²) in [6, 6.07) is 6.65. The average molecular weight is 214 g/mol. The third-order valence-electron chi connectivity index (χ3n) is 1.41. The number of hydrogen-bond acceptors (Lipinski definition) is 3. The number of ether oxygens (including phenoxy) is 1. The van der Waals surface area contributed by atoms with E-state index in [1.807, 2.05) is 0 Å². The molecule has 1 aromatic rings. The summed E-state index contributed by atoms with van der Waals surface area (Å²) in [5.74, 6) is 0.673. The molecule has 0 atom stereocenters. The highest BCUT2D eigenvalue weighted by atomic mass is 32.2. The molecule has 0 aliphatic rings. The highest BCUT2D eigenvalue weighted by Gasteiger charge is 2.01. The van der Waals surface area contributed by atoms with E-state index in [0.29, 0.717) is 11.4 Å². The smallest absolute Gasteiger partial charge is 0.229 e. The van der Waals surface area contributed by atoms with Crippen LogP contribution in [0.3, 0.4) is 0 Å². The predicted octanol–water partition coefficient (Wildman–Crippen LogP) is 1.62. The Morgan fingerprint density at radius 2 is 1.86 bits per heavy atom. The van der Waals surface area contributed by atoms with E-state index in [2.05, 4.69) is 4.72 Å². The summed E-state index contributed by atoms with van der Waals surface area (Å²) in [5, 5.41) is 0. The van der Waals surface area contributed by atoms with Crippen LogP contribution in [0.25, 0.3) is 0 Å². The summed E-state index contributed by atoms with van der Waals surface area (Å²) in [7, 11) is -3.20. The van der Waals surface area contributed by atoms with Gasteiger partial charge in [0, 0.05) is 5.69 Å². The van der Waals surface area contributed by atoms with Gasteiger partial charge in [0.2, 0.25) is 10.0 Å². The van der Waals surface area contributed by atoms with E-state index in [9.17, 15) is 8.42 Å². The van der Waals surface area contributed by atoms with Crippen molar-refractivity contribution in [1.82, 2.24) is 0 Å². The molecule has 0 fully saturated rings. The molecule has 0 amide bonds. The first-order valence-electron chi connectivity index (χ1n) is 4.03. The lowest BCUT2D eigenvalue weighted by molar-refractivity contribution is 0.416. The number of hydrogen-bond donors (Lipinski definition) is 1. The molecule has 1 aromatic carbocycles. The second-order valence-electron chi connectivity index (χ2n) is 2.75. The van der Waals surface area contributed by atoms with Crippen LogP contribution in [0, 0.1) is 6.61 Å². The van der Waals surface area contributed by atoms with Crippen LogP contribution in [0.1, 0.15) is 6.92 Å². The fourth-order valence-electron chi connectivity index (χ4n) is 0.952. The van der Waals surface area contributed by atoms with E-state index in [0.717, 1.165) is 6.26 Å². The van der Waals surface area contributed by atoms with Crippen molar-refractivity contribution in [3.8, 4) is 5.75 Å². The van der Waals surface area contributed by atoms with Crippen LogP contribution >= 0.6 is 0 Å². The standard InChI is InChI=1S/C9H12NO3S/c1-3-13-9-6-4-8(5-7-9)10-14(2,11)12/h3-7,10H,1-2H3. The summed E-state index contributed by atoms with van der Waals surface area (Å²) in [5.41, 5.74) is 0.524. The molecule has 0 heterocycles. The largest absolute Gasteiger partial charge is 0.487 e. The molecule has 5 heteroatoms. The maximum absolute atomic E-state index is 10.9. The Morgan fingerprint density at radius 3 is 2.29 bits per heavy atom. The van der Waals surface area contributed by atoms with Crippen LogP contribution in [-0.2, 0) is 10.0 Å². The van der Waals surface area contributed by atoms with Gasteiger partial charge in [-0.15, -0.1) is 0 Å². The van der Waals surface area contributed by atoms with Crippen molar-refractivity contribution in [3.05, 3.63) is 30.9 Å². The van der Waals surface area contributed by atoms with E-state index in [1.165, 1.54) is 0 Å². The van der Waals surface area contributed by atoms with Gasteiger partial charge in [-0.3, -0.25) is 4.72 Å². The molecular formula is C9H12NO3S. The third kappa shape index (κ3) is 3.66. The average Bonchev–Trinajstić information content (AvgIpc) is 2.06. The van der Waals surface area contributed by atoms with Crippen LogP contribution in [0.15, 0.2) is 24.3 Å². The Kier molecular flexibility index (Phi) is 3.35. The minimum atomic E-state index is -3.20. The molecule has 0 unspecified atom stereocenters. The molecule has 1 rings (SSSR count). The number of nitrogens with one attached hydrogen (secondary N) is 1. The number of anilines is 1. The van der Waals surface area contributed by atoms with Crippen molar-refractivity contribution >= 4 is 15.7 Å². The first-order valence-corrected chi connectivity index (χ1v) is 5.93.